The number of carbonyl (C=O) groups excluding carboxylic acids is 2. The van der Waals surface area contributed by atoms with E-state index < -0.39 is 16.1 Å². The molecule has 1 aliphatic rings. The smallest absolute Gasteiger partial charge is 0.261 e. The number of hydrogen-bond acceptors (Lipinski definition) is 4. The second-order valence-corrected chi connectivity index (χ2v) is 9.56. The molecule has 0 aromatic heterocycles. The van der Waals surface area contributed by atoms with E-state index in [4.69, 9.17) is 11.6 Å². The minimum absolute atomic E-state index is 0.0667. The fraction of sp³-hybridized carbons (Fsp3) is 0.364. The maximum atomic E-state index is 13.1. The molecule has 0 radical (unpaired) electrons. The fourth-order valence-electron chi connectivity index (χ4n) is 3.50. The first-order valence-electron chi connectivity index (χ1n) is 10.3. The van der Waals surface area contributed by atoms with Gasteiger partial charge in [-0.25, -0.2) is 8.42 Å². The van der Waals surface area contributed by atoms with Gasteiger partial charge in [0.05, 0.1) is 4.90 Å². The molecule has 1 aliphatic heterocycles. The van der Waals surface area contributed by atoms with Crippen LogP contribution >= 0.6 is 11.6 Å². The molecule has 0 unspecified atom stereocenters. The minimum Gasteiger partial charge on any atom is -0.354 e. The van der Waals surface area contributed by atoms with Gasteiger partial charge in [0.15, 0.2) is 0 Å². The van der Waals surface area contributed by atoms with Crippen LogP contribution in [0.5, 0.6) is 0 Å². The average Bonchev–Trinajstić information content (AvgIpc) is 3.23. The Bertz CT molecular complexity index is 1040. The fourth-order valence-corrected chi connectivity index (χ4v) is 4.67. The van der Waals surface area contributed by atoms with Gasteiger partial charge in [0.2, 0.25) is 5.91 Å². The van der Waals surface area contributed by atoms with Gasteiger partial charge in [0.25, 0.3) is 15.9 Å². The summed E-state index contributed by atoms with van der Waals surface area (Å²) in [5.74, 6) is -0.431. The molecule has 2 amide bonds. The van der Waals surface area contributed by atoms with Gasteiger partial charge in [0.1, 0.15) is 6.04 Å². The van der Waals surface area contributed by atoms with Crippen molar-refractivity contribution < 1.29 is 18.0 Å². The number of likely N-dealkylation sites (tertiary alicyclic amines) is 1. The molecule has 166 valence electrons. The number of halogens is 1. The Labute approximate surface area is 187 Å². The molecule has 0 aliphatic carbocycles. The maximum absolute atomic E-state index is 13.1. The maximum Gasteiger partial charge on any atom is 0.261 e. The summed E-state index contributed by atoms with van der Waals surface area (Å²) in [5, 5.41) is 3.33. The summed E-state index contributed by atoms with van der Waals surface area (Å²) in [6.45, 7) is 3.13. The van der Waals surface area contributed by atoms with Crippen molar-refractivity contribution in [2.24, 2.45) is 0 Å². The highest BCUT2D eigenvalue weighted by molar-refractivity contribution is 7.92. The summed E-state index contributed by atoms with van der Waals surface area (Å²) in [7, 11) is -3.83. The van der Waals surface area contributed by atoms with Gasteiger partial charge in [-0.1, -0.05) is 31.0 Å². The van der Waals surface area contributed by atoms with E-state index in [1.807, 2.05) is 6.92 Å². The zero-order chi connectivity index (χ0) is 22.4. The normalized spacial score (nSPS) is 16.2. The lowest BCUT2D eigenvalue weighted by atomic mass is 10.1. The van der Waals surface area contributed by atoms with Crippen molar-refractivity contribution in [1.82, 2.24) is 10.2 Å². The largest absolute Gasteiger partial charge is 0.354 e. The summed E-state index contributed by atoms with van der Waals surface area (Å²) in [4.78, 5) is 27.2. The number of unbranched alkanes of at least 4 members (excludes halogenated alkanes) is 1. The number of nitrogens with one attached hydrogen (secondary N) is 2. The summed E-state index contributed by atoms with van der Waals surface area (Å²) in [5.41, 5.74) is 0.591. The molecule has 2 aromatic carbocycles. The van der Waals surface area contributed by atoms with E-state index in [-0.39, 0.29) is 22.4 Å². The third-order valence-electron chi connectivity index (χ3n) is 5.13. The van der Waals surface area contributed by atoms with Crippen molar-refractivity contribution in [2.75, 3.05) is 17.8 Å². The molecule has 2 N–H and O–H groups in total. The summed E-state index contributed by atoms with van der Waals surface area (Å²) < 4.78 is 27.7. The predicted molar refractivity (Wildman–Crippen MR) is 121 cm³/mol. The van der Waals surface area contributed by atoms with Crippen LogP contribution in [-0.4, -0.2) is 44.3 Å². The molecule has 2 aromatic rings. The number of hydrogen-bond donors (Lipinski definition) is 2. The van der Waals surface area contributed by atoms with Crippen molar-refractivity contribution in [3.8, 4) is 0 Å². The Kier molecular flexibility index (Phi) is 7.56. The number of anilines is 1. The van der Waals surface area contributed by atoms with E-state index in [0.717, 1.165) is 19.3 Å². The third kappa shape index (κ3) is 5.77. The third-order valence-corrected chi connectivity index (χ3v) is 6.78. The molecule has 0 bridgehead atoms. The van der Waals surface area contributed by atoms with E-state index in [2.05, 4.69) is 10.0 Å². The molecule has 31 heavy (non-hydrogen) atoms. The highest BCUT2D eigenvalue weighted by Crippen LogP contribution is 2.23. The van der Waals surface area contributed by atoms with Gasteiger partial charge in [-0.15, -0.1) is 0 Å². The average molecular weight is 464 g/mol. The molecule has 1 heterocycles. The van der Waals surface area contributed by atoms with Gasteiger partial charge < -0.3 is 10.2 Å². The molecule has 1 atom stereocenters. The Morgan fingerprint density at radius 2 is 1.90 bits per heavy atom. The van der Waals surface area contributed by atoms with E-state index in [0.29, 0.717) is 30.1 Å². The zero-order valence-corrected chi connectivity index (χ0v) is 18.9. The van der Waals surface area contributed by atoms with Gasteiger partial charge in [0, 0.05) is 29.4 Å². The number of nitrogens with zero attached hydrogens (tertiary/aromatic N) is 1. The van der Waals surface area contributed by atoms with Gasteiger partial charge >= 0.3 is 0 Å². The number of carbonyl (C=O) groups is 2. The topological polar surface area (TPSA) is 95.6 Å². The first-order valence-corrected chi connectivity index (χ1v) is 12.1. The molecule has 0 spiro atoms. The van der Waals surface area contributed by atoms with E-state index >= 15 is 0 Å². The van der Waals surface area contributed by atoms with Gasteiger partial charge in [-0.05, 0) is 61.7 Å². The number of sulfonamides is 1. The van der Waals surface area contributed by atoms with Crippen LogP contribution in [0, 0.1) is 0 Å². The first-order chi connectivity index (χ1) is 14.8. The van der Waals surface area contributed by atoms with Gasteiger partial charge in [-0.2, -0.15) is 0 Å². The van der Waals surface area contributed by atoms with Crippen molar-refractivity contribution in [1.29, 1.82) is 0 Å². The molecule has 1 saturated heterocycles. The van der Waals surface area contributed by atoms with Crippen LogP contribution in [0.2, 0.25) is 5.02 Å². The monoisotopic (exact) mass is 463 g/mol. The van der Waals surface area contributed by atoms with E-state index in [9.17, 15) is 18.0 Å². The first kappa shape index (κ1) is 23.1. The lowest BCUT2D eigenvalue weighted by molar-refractivity contribution is -0.124. The van der Waals surface area contributed by atoms with Crippen molar-refractivity contribution >= 4 is 39.1 Å². The van der Waals surface area contributed by atoms with E-state index in [1.54, 1.807) is 23.1 Å². The quantitative estimate of drug-likeness (QED) is 0.584. The van der Waals surface area contributed by atoms with Crippen LogP contribution in [0.1, 0.15) is 43.0 Å². The Hall–Kier alpha value is -2.58. The number of benzene rings is 2. The molecular weight excluding hydrogens is 438 g/mol. The Balaban J connectivity index is 1.73. The highest BCUT2D eigenvalue weighted by atomic mass is 35.5. The lowest BCUT2D eigenvalue weighted by Crippen LogP contribution is -2.46. The Morgan fingerprint density at radius 1 is 1.16 bits per heavy atom. The van der Waals surface area contributed by atoms with Crippen LogP contribution in [0.15, 0.2) is 53.4 Å². The second-order valence-electron chi connectivity index (χ2n) is 7.44. The zero-order valence-electron chi connectivity index (χ0n) is 17.3. The van der Waals surface area contributed by atoms with Crippen LogP contribution < -0.4 is 10.0 Å². The molecule has 7 nitrogen and oxygen atoms in total. The molecule has 0 saturated carbocycles. The van der Waals surface area contributed by atoms with Crippen molar-refractivity contribution in [2.45, 2.75) is 43.5 Å². The van der Waals surface area contributed by atoms with Crippen LogP contribution in [0.4, 0.5) is 5.69 Å². The molecule has 9 heteroatoms. The van der Waals surface area contributed by atoms with Crippen LogP contribution in [0.25, 0.3) is 0 Å². The standard InChI is InChI=1S/C22H26ClN3O4S/c1-2-3-13-24-21(27)20-8-5-14-26(20)22(28)16-6-4-7-18(15-16)25-31(29,30)19-11-9-17(23)10-12-19/h4,6-7,9-12,15,20,25H,2-3,5,8,13-14H2,1H3,(H,24,27)/t20-/m1/s1. The Morgan fingerprint density at radius 3 is 2.61 bits per heavy atom. The van der Waals surface area contributed by atoms with Crippen molar-refractivity contribution in [3.05, 3.63) is 59.1 Å². The van der Waals surface area contributed by atoms with Gasteiger partial charge in [-0.3, -0.25) is 14.3 Å². The lowest BCUT2D eigenvalue weighted by Gasteiger charge is -2.24. The molecular formula is C22H26ClN3O4S. The molecule has 1 fully saturated rings. The summed E-state index contributed by atoms with van der Waals surface area (Å²) in [6.07, 6.45) is 3.24. The summed E-state index contributed by atoms with van der Waals surface area (Å²) in [6, 6.07) is 11.6. The SMILES string of the molecule is CCCCNC(=O)[C@H]1CCCN1C(=O)c1cccc(NS(=O)(=O)c2ccc(Cl)cc2)c1. The number of amides is 2. The minimum atomic E-state index is -3.83. The van der Waals surface area contributed by atoms with Crippen LogP contribution in [-0.2, 0) is 14.8 Å². The predicted octanol–water partition coefficient (Wildman–Crippen LogP) is 3.66. The summed E-state index contributed by atoms with van der Waals surface area (Å²) >= 11 is 5.82. The van der Waals surface area contributed by atoms with Crippen molar-refractivity contribution in [3.63, 3.8) is 0 Å². The number of rotatable bonds is 8. The second kappa shape index (κ2) is 10.2. The highest BCUT2D eigenvalue weighted by Gasteiger charge is 2.34. The van der Waals surface area contributed by atoms with Crippen LogP contribution in [0.3, 0.4) is 0 Å². The van der Waals surface area contributed by atoms with E-state index in [1.165, 1.54) is 30.3 Å². The molecule has 3 rings (SSSR count).